The number of hydrogen-bond acceptors (Lipinski definition) is 2. The summed E-state index contributed by atoms with van der Waals surface area (Å²) in [5.74, 6) is 0. The number of carbonyl (C=O) groups excluding carboxylic acids is 1. The number of nitrogens with zero attached hydrogens (tertiary/aromatic N) is 1. The molecule has 0 radical (unpaired) electrons. The zero-order valence-electron chi connectivity index (χ0n) is 10.5. The van der Waals surface area contributed by atoms with Gasteiger partial charge in [-0.1, -0.05) is 26.2 Å². The summed E-state index contributed by atoms with van der Waals surface area (Å²) in [5, 5.41) is 0. The number of quaternary nitrogens is 1. The van der Waals surface area contributed by atoms with Crippen molar-refractivity contribution in [3.63, 3.8) is 0 Å². The van der Waals surface area contributed by atoms with Crippen molar-refractivity contribution in [2.75, 3.05) is 33.8 Å². The average molecular weight is 234 g/mol. The zero-order chi connectivity index (χ0) is 11.9. The third-order valence-corrected chi connectivity index (χ3v) is 3.58. The van der Waals surface area contributed by atoms with Crippen LogP contribution in [0, 0.1) is 0 Å². The fourth-order valence-electron chi connectivity index (χ4n) is 1.30. The second-order valence-corrected chi connectivity index (χ2v) is 6.77. The van der Waals surface area contributed by atoms with E-state index in [1.54, 1.807) is 0 Å². The van der Waals surface area contributed by atoms with Crippen LogP contribution in [0.5, 0.6) is 0 Å². The van der Waals surface area contributed by atoms with Gasteiger partial charge in [0, 0.05) is 0 Å². The maximum absolute atomic E-state index is 11.6. The van der Waals surface area contributed by atoms with E-state index in [2.05, 4.69) is 6.92 Å². The first-order valence-electron chi connectivity index (χ1n) is 5.66. The molecule has 0 amide bonds. The van der Waals surface area contributed by atoms with Gasteiger partial charge in [-0.25, -0.2) is 0 Å². The number of unbranched alkanes of at least 4 members (excludes halogenated alkanes) is 3. The smallest absolute Gasteiger partial charge is 0.234 e. The lowest BCUT2D eigenvalue weighted by Gasteiger charge is -2.23. The average Bonchev–Trinajstić information content (AvgIpc) is 2.09. The molecule has 0 bridgehead atoms. The number of rotatable bonds is 8. The van der Waals surface area contributed by atoms with Gasteiger partial charge in [0.1, 0.15) is 14.7 Å². The molecule has 1 unspecified atom stereocenters. The number of carbonyl (C=O) groups is 1. The van der Waals surface area contributed by atoms with Gasteiger partial charge in [-0.15, -0.1) is 0 Å². The molecule has 15 heavy (non-hydrogen) atoms. The standard InChI is InChI=1S/C11H25NO2P/c1-5-6-7-8-9-15(14)11(13)10-12(2,3)4/h14H,5-10H2,1-4H3/q+1. The predicted octanol–water partition coefficient (Wildman–Crippen LogP) is 2.19. The van der Waals surface area contributed by atoms with Gasteiger partial charge in [0.2, 0.25) is 5.52 Å². The third-order valence-electron chi connectivity index (χ3n) is 2.12. The third kappa shape index (κ3) is 8.98. The minimum Gasteiger partial charge on any atom is -0.366 e. The van der Waals surface area contributed by atoms with Crippen LogP contribution in [-0.2, 0) is 4.79 Å². The molecule has 0 aliphatic rings. The Morgan fingerprint density at radius 3 is 2.27 bits per heavy atom. The minimum atomic E-state index is -1.38. The molecule has 0 saturated carbocycles. The Labute approximate surface area is 94.9 Å². The topological polar surface area (TPSA) is 37.3 Å². The highest BCUT2D eigenvalue weighted by Crippen LogP contribution is 2.32. The molecule has 0 aromatic rings. The largest absolute Gasteiger partial charge is 0.366 e. The molecule has 90 valence electrons. The van der Waals surface area contributed by atoms with Crippen molar-refractivity contribution in [3.05, 3.63) is 0 Å². The van der Waals surface area contributed by atoms with Crippen LogP contribution in [0.25, 0.3) is 0 Å². The summed E-state index contributed by atoms with van der Waals surface area (Å²) in [6, 6.07) is 0. The molecule has 0 spiro atoms. The molecule has 3 nitrogen and oxygen atoms in total. The van der Waals surface area contributed by atoms with Gasteiger partial charge in [0.05, 0.1) is 21.1 Å². The van der Waals surface area contributed by atoms with Crippen LogP contribution in [0.1, 0.15) is 32.6 Å². The molecule has 1 N–H and O–H groups in total. The van der Waals surface area contributed by atoms with E-state index in [0.717, 1.165) is 12.8 Å². The van der Waals surface area contributed by atoms with Crippen molar-refractivity contribution >= 4 is 13.7 Å². The molecule has 0 saturated heterocycles. The summed E-state index contributed by atoms with van der Waals surface area (Å²) >= 11 is 0. The van der Waals surface area contributed by atoms with E-state index in [-0.39, 0.29) is 5.52 Å². The molecule has 0 fully saturated rings. The van der Waals surface area contributed by atoms with Crippen LogP contribution in [0.4, 0.5) is 0 Å². The van der Waals surface area contributed by atoms with Gasteiger partial charge in [-0.3, -0.25) is 4.79 Å². The highest BCUT2D eigenvalue weighted by atomic mass is 31.1. The highest BCUT2D eigenvalue weighted by Gasteiger charge is 2.21. The maximum atomic E-state index is 11.6. The second-order valence-electron chi connectivity index (χ2n) is 5.03. The molecule has 1 atom stereocenters. The summed E-state index contributed by atoms with van der Waals surface area (Å²) < 4.78 is 0.604. The van der Waals surface area contributed by atoms with E-state index < -0.39 is 8.15 Å². The summed E-state index contributed by atoms with van der Waals surface area (Å²) in [7, 11) is 4.53. The lowest BCUT2D eigenvalue weighted by atomic mass is 10.2. The van der Waals surface area contributed by atoms with Gasteiger partial charge in [0.25, 0.3) is 0 Å². The molecular weight excluding hydrogens is 209 g/mol. The van der Waals surface area contributed by atoms with Crippen LogP contribution in [0.15, 0.2) is 0 Å². The summed E-state index contributed by atoms with van der Waals surface area (Å²) in [6.45, 7) is 2.60. The van der Waals surface area contributed by atoms with Gasteiger partial charge in [-0.05, 0) is 12.6 Å². The van der Waals surface area contributed by atoms with Gasteiger partial charge in [0.15, 0.2) is 0 Å². The fourth-order valence-corrected chi connectivity index (χ4v) is 2.66. The van der Waals surface area contributed by atoms with E-state index in [1.165, 1.54) is 12.8 Å². The van der Waals surface area contributed by atoms with Crippen molar-refractivity contribution in [1.82, 2.24) is 0 Å². The van der Waals surface area contributed by atoms with Crippen molar-refractivity contribution in [3.8, 4) is 0 Å². The van der Waals surface area contributed by atoms with Crippen LogP contribution in [0.2, 0.25) is 0 Å². The van der Waals surface area contributed by atoms with Gasteiger partial charge >= 0.3 is 0 Å². The quantitative estimate of drug-likeness (QED) is 0.397. The molecule has 4 heteroatoms. The Morgan fingerprint density at radius 2 is 1.80 bits per heavy atom. The Balaban J connectivity index is 3.70. The molecule has 0 heterocycles. The van der Waals surface area contributed by atoms with E-state index in [1.807, 2.05) is 21.1 Å². The van der Waals surface area contributed by atoms with Crippen molar-refractivity contribution in [2.45, 2.75) is 32.6 Å². The van der Waals surface area contributed by atoms with Crippen molar-refractivity contribution < 1.29 is 14.2 Å². The number of likely N-dealkylation sites (N-methyl/N-ethyl adjacent to an activating group) is 1. The normalized spacial score (nSPS) is 13.9. The van der Waals surface area contributed by atoms with Crippen LogP contribution >= 0.6 is 8.15 Å². The summed E-state index contributed by atoms with van der Waals surface area (Å²) in [6.07, 6.45) is 5.20. The molecule has 0 aromatic heterocycles. The molecule has 0 aliphatic heterocycles. The van der Waals surface area contributed by atoms with Gasteiger partial charge in [-0.2, -0.15) is 0 Å². The Hall–Kier alpha value is 0.0200. The minimum absolute atomic E-state index is 0.0361. The fraction of sp³-hybridized carbons (Fsp3) is 0.909. The summed E-state index contributed by atoms with van der Waals surface area (Å²) in [5.41, 5.74) is 0.0361. The van der Waals surface area contributed by atoms with Crippen molar-refractivity contribution in [2.24, 2.45) is 0 Å². The first-order valence-corrected chi connectivity index (χ1v) is 7.14. The van der Waals surface area contributed by atoms with Crippen LogP contribution in [0.3, 0.4) is 0 Å². The lowest BCUT2D eigenvalue weighted by Crippen LogP contribution is -2.39. The van der Waals surface area contributed by atoms with Gasteiger partial charge < -0.3 is 9.38 Å². The Morgan fingerprint density at radius 1 is 1.20 bits per heavy atom. The Kier molecular flexibility index (Phi) is 7.33. The Bertz CT molecular complexity index is 190. The number of hydrogen-bond donors (Lipinski definition) is 1. The first kappa shape index (κ1) is 15.0. The van der Waals surface area contributed by atoms with Crippen molar-refractivity contribution in [1.29, 1.82) is 0 Å². The van der Waals surface area contributed by atoms with Crippen LogP contribution < -0.4 is 0 Å². The van der Waals surface area contributed by atoms with Crippen LogP contribution in [-0.4, -0.2) is 48.8 Å². The van der Waals surface area contributed by atoms with E-state index in [0.29, 0.717) is 17.2 Å². The van der Waals surface area contributed by atoms with E-state index in [4.69, 9.17) is 0 Å². The highest BCUT2D eigenvalue weighted by molar-refractivity contribution is 7.69. The van der Waals surface area contributed by atoms with E-state index in [9.17, 15) is 9.69 Å². The lowest BCUT2D eigenvalue weighted by molar-refractivity contribution is -0.861. The summed E-state index contributed by atoms with van der Waals surface area (Å²) in [4.78, 5) is 21.3. The van der Waals surface area contributed by atoms with E-state index >= 15 is 0 Å². The SMILES string of the molecule is CCCCCCP(O)C(=O)C[N+](C)(C)C. The molecule has 0 rings (SSSR count). The predicted molar refractivity (Wildman–Crippen MR) is 66.1 cm³/mol. The molecular formula is C11H25NO2P+. The zero-order valence-corrected chi connectivity index (χ0v) is 11.4. The maximum Gasteiger partial charge on any atom is 0.234 e. The second kappa shape index (κ2) is 7.32. The molecule has 0 aliphatic carbocycles. The monoisotopic (exact) mass is 234 g/mol. The molecule has 0 aromatic carbocycles. The first-order chi connectivity index (χ1) is 6.87.